The van der Waals surface area contributed by atoms with Gasteiger partial charge in [0, 0.05) is 20.6 Å². The Balaban J connectivity index is 2.32. The minimum absolute atomic E-state index is 0.176. The number of ether oxygens (including phenoxy) is 4. The molecule has 1 fully saturated rings. The van der Waals surface area contributed by atoms with Crippen LogP contribution in [0, 0.1) is 0 Å². The molecule has 4 heteroatoms. The predicted octanol–water partition coefficient (Wildman–Crippen LogP) is 3.06. The van der Waals surface area contributed by atoms with Crippen molar-refractivity contribution in [3.8, 4) is 0 Å². The molecule has 1 spiro atoms. The number of methoxy groups -OCH3 is 2. The second kappa shape index (κ2) is 5.41. The number of allylic oxidation sites excluding steroid dienone is 1. The molecule has 1 aliphatic heterocycles. The average Bonchev–Trinajstić information content (AvgIpc) is 2.80. The molecule has 116 valence electrons. The monoisotopic (exact) mass is 284 g/mol. The van der Waals surface area contributed by atoms with Crippen LogP contribution in [-0.2, 0) is 18.9 Å². The van der Waals surface area contributed by atoms with E-state index in [-0.39, 0.29) is 12.2 Å². The van der Waals surface area contributed by atoms with E-state index < -0.39 is 17.0 Å². The van der Waals surface area contributed by atoms with E-state index in [2.05, 4.69) is 12.2 Å². The number of hydrogen-bond donors (Lipinski definition) is 0. The van der Waals surface area contributed by atoms with Gasteiger partial charge in [-0.25, -0.2) is 0 Å². The first kappa shape index (κ1) is 16.0. The van der Waals surface area contributed by atoms with Crippen molar-refractivity contribution in [2.24, 2.45) is 0 Å². The van der Waals surface area contributed by atoms with Crippen LogP contribution in [0.5, 0.6) is 0 Å². The standard InChI is InChI=1S/C16H28O4/c1-14(2,17-5)12-13(15(3,4)18-6)20-16(19-12)10-8-7-9-11-16/h8,10,12-13H,7,9,11H2,1-6H3/t12-,13-/m1/s1. The molecule has 0 aromatic heterocycles. The Morgan fingerprint density at radius 3 is 1.85 bits per heavy atom. The van der Waals surface area contributed by atoms with Crippen molar-refractivity contribution < 1.29 is 18.9 Å². The van der Waals surface area contributed by atoms with Gasteiger partial charge in [-0.1, -0.05) is 6.08 Å². The van der Waals surface area contributed by atoms with Gasteiger partial charge in [-0.15, -0.1) is 0 Å². The normalized spacial score (nSPS) is 30.1. The molecule has 0 bridgehead atoms. The number of hydrogen-bond acceptors (Lipinski definition) is 4. The second-order valence-electron chi connectivity index (χ2n) is 6.80. The molecule has 0 unspecified atom stereocenters. The lowest BCUT2D eigenvalue weighted by Crippen LogP contribution is -2.53. The molecule has 0 radical (unpaired) electrons. The molecule has 20 heavy (non-hydrogen) atoms. The van der Waals surface area contributed by atoms with Crippen LogP contribution >= 0.6 is 0 Å². The molecule has 2 rings (SSSR count). The molecule has 2 atom stereocenters. The van der Waals surface area contributed by atoms with Crippen LogP contribution in [0.1, 0.15) is 47.0 Å². The maximum atomic E-state index is 6.33. The third-order valence-corrected chi connectivity index (χ3v) is 4.62. The van der Waals surface area contributed by atoms with Gasteiger partial charge < -0.3 is 18.9 Å². The highest BCUT2D eigenvalue weighted by Gasteiger charge is 2.57. The summed E-state index contributed by atoms with van der Waals surface area (Å²) in [6.07, 6.45) is 6.90. The van der Waals surface area contributed by atoms with Crippen molar-refractivity contribution >= 4 is 0 Å². The fourth-order valence-corrected chi connectivity index (χ4v) is 2.84. The van der Waals surface area contributed by atoms with Crippen molar-refractivity contribution in [3.63, 3.8) is 0 Å². The fourth-order valence-electron chi connectivity index (χ4n) is 2.84. The molecule has 0 N–H and O–H groups in total. The first-order valence-corrected chi connectivity index (χ1v) is 7.40. The van der Waals surface area contributed by atoms with E-state index in [9.17, 15) is 0 Å². The van der Waals surface area contributed by atoms with Gasteiger partial charge >= 0.3 is 0 Å². The summed E-state index contributed by atoms with van der Waals surface area (Å²) in [6, 6.07) is 0. The molecular formula is C16H28O4. The largest absolute Gasteiger partial charge is 0.376 e. The van der Waals surface area contributed by atoms with Crippen LogP contribution in [0.15, 0.2) is 12.2 Å². The summed E-state index contributed by atoms with van der Waals surface area (Å²) in [7, 11) is 3.42. The Morgan fingerprint density at radius 1 is 1.00 bits per heavy atom. The quantitative estimate of drug-likeness (QED) is 0.744. The Labute approximate surface area is 122 Å². The van der Waals surface area contributed by atoms with Crippen LogP contribution < -0.4 is 0 Å². The van der Waals surface area contributed by atoms with Gasteiger partial charge in [-0.3, -0.25) is 0 Å². The Hall–Kier alpha value is -0.420. The first-order valence-electron chi connectivity index (χ1n) is 7.40. The average molecular weight is 284 g/mol. The van der Waals surface area contributed by atoms with Crippen molar-refractivity contribution in [1.82, 2.24) is 0 Å². The lowest BCUT2D eigenvalue weighted by atomic mass is 9.87. The zero-order valence-electron chi connectivity index (χ0n) is 13.6. The van der Waals surface area contributed by atoms with E-state index in [1.165, 1.54) is 0 Å². The Bertz CT molecular complexity index is 349. The van der Waals surface area contributed by atoms with E-state index >= 15 is 0 Å². The van der Waals surface area contributed by atoms with Crippen LogP contribution in [-0.4, -0.2) is 43.4 Å². The number of rotatable bonds is 4. The van der Waals surface area contributed by atoms with Gasteiger partial charge in [0.05, 0.1) is 11.2 Å². The highest BCUT2D eigenvalue weighted by Crippen LogP contribution is 2.44. The third-order valence-electron chi connectivity index (χ3n) is 4.62. The molecule has 0 amide bonds. The third kappa shape index (κ3) is 2.80. The van der Waals surface area contributed by atoms with E-state index in [4.69, 9.17) is 18.9 Å². The lowest BCUT2D eigenvalue weighted by Gasteiger charge is -2.38. The van der Waals surface area contributed by atoms with Gasteiger partial charge in [-0.2, -0.15) is 0 Å². The van der Waals surface area contributed by atoms with Crippen molar-refractivity contribution in [1.29, 1.82) is 0 Å². The predicted molar refractivity (Wildman–Crippen MR) is 77.6 cm³/mol. The topological polar surface area (TPSA) is 36.9 Å². The maximum Gasteiger partial charge on any atom is 0.188 e. The van der Waals surface area contributed by atoms with Gasteiger partial charge in [0.1, 0.15) is 12.2 Å². The van der Waals surface area contributed by atoms with Gasteiger partial charge in [0.2, 0.25) is 0 Å². The first-order chi connectivity index (χ1) is 9.26. The summed E-state index contributed by atoms with van der Waals surface area (Å²) in [5.41, 5.74) is -0.871. The van der Waals surface area contributed by atoms with Crippen LogP contribution in [0.25, 0.3) is 0 Å². The SMILES string of the molecule is COC(C)(C)[C@@H]1OC2(C=CCCC2)O[C@H]1C(C)(C)OC. The summed E-state index contributed by atoms with van der Waals surface area (Å²) >= 11 is 0. The maximum absolute atomic E-state index is 6.33. The molecule has 1 saturated heterocycles. The molecular weight excluding hydrogens is 256 g/mol. The Morgan fingerprint density at radius 2 is 1.50 bits per heavy atom. The zero-order chi connectivity index (χ0) is 15.0. The van der Waals surface area contributed by atoms with Crippen LogP contribution in [0.4, 0.5) is 0 Å². The molecule has 0 saturated carbocycles. The molecule has 0 aromatic carbocycles. The summed E-state index contributed by atoms with van der Waals surface area (Å²) in [6.45, 7) is 8.13. The summed E-state index contributed by atoms with van der Waals surface area (Å²) in [5.74, 6) is -0.612. The highest BCUT2D eigenvalue weighted by molar-refractivity contribution is 5.09. The minimum atomic E-state index is -0.612. The summed E-state index contributed by atoms with van der Waals surface area (Å²) < 4.78 is 23.9. The summed E-state index contributed by atoms with van der Waals surface area (Å²) in [4.78, 5) is 0. The molecule has 1 aliphatic carbocycles. The van der Waals surface area contributed by atoms with E-state index in [1.807, 2.05) is 27.7 Å². The smallest absolute Gasteiger partial charge is 0.188 e. The van der Waals surface area contributed by atoms with Crippen LogP contribution in [0.2, 0.25) is 0 Å². The molecule has 0 aromatic rings. The van der Waals surface area contributed by atoms with Gasteiger partial charge in [-0.05, 0) is 46.6 Å². The van der Waals surface area contributed by atoms with Crippen molar-refractivity contribution in [2.45, 2.75) is 76.2 Å². The van der Waals surface area contributed by atoms with E-state index in [0.717, 1.165) is 19.3 Å². The highest BCUT2D eigenvalue weighted by atomic mass is 16.8. The van der Waals surface area contributed by atoms with E-state index in [0.29, 0.717) is 0 Å². The lowest BCUT2D eigenvalue weighted by molar-refractivity contribution is -0.174. The molecule has 2 aliphatic rings. The van der Waals surface area contributed by atoms with E-state index in [1.54, 1.807) is 14.2 Å². The van der Waals surface area contributed by atoms with Gasteiger partial charge in [0.15, 0.2) is 5.79 Å². The Kier molecular flexibility index (Phi) is 4.32. The fraction of sp³-hybridized carbons (Fsp3) is 0.875. The van der Waals surface area contributed by atoms with Crippen molar-refractivity contribution in [3.05, 3.63) is 12.2 Å². The molecule has 4 nitrogen and oxygen atoms in total. The van der Waals surface area contributed by atoms with Crippen molar-refractivity contribution in [2.75, 3.05) is 14.2 Å². The second-order valence-corrected chi connectivity index (χ2v) is 6.80. The minimum Gasteiger partial charge on any atom is -0.376 e. The summed E-state index contributed by atoms with van der Waals surface area (Å²) in [5, 5.41) is 0. The zero-order valence-corrected chi connectivity index (χ0v) is 13.6. The van der Waals surface area contributed by atoms with Crippen LogP contribution in [0.3, 0.4) is 0 Å². The molecule has 1 heterocycles. The van der Waals surface area contributed by atoms with Gasteiger partial charge in [0.25, 0.3) is 0 Å².